The van der Waals surface area contributed by atoms with E-state index in [-0.39, 0.29) is 15.8 Å². The molecule has 2 aromatic rings. The van der Waals surface area contributed by atoms with Crippen molar-refractivity contribution in [3.63, 3.8) is 0 Å². The summed E-state index contributed by atoms with van der Waals surface area (Å²) in [5.74, 6) is 0.153. The van der Waals surface area contributed by atoms with E-state index in [1.165, 1.54) is 7.11 Å². The average molecular weight is 317 g/mol. The van der Waals surface area contributed by atoms with E-state index in [1.54, 1.807) is 42.5 Å². The fourth-order valence-corrected chi connectivity index (χ4v) is 3.44. The lowest BCUT2D eigenvalue weighted by Gasteiger charge is -2.18. The molecule has 0 aromatic heterocycles. The quantitative estimate of drug-likeness (QED) is 0.777. The van der Waals surface area contributed by atoms with Crippen LogP contribution >= 0.6 is 30.8 Å². The van der Waals surface area contributed by atoms with Gasteiger partial charge in [0.1, 0.15) is 0 Å². The van der Waals surface area contributed by atoms with Crippen molar-refractivity contribution in [1.82, 2.24) is 0 Å². The molecule has 0 aliphatic rings. The van der Waals surface area contributed by atoms with Gasteiger partial charge in [-0.3, -0.25) is 4.52 Å². The van der Waals surface area contributed by atoms with E-state index in [2.05, 4.69) is 0 Å². The highest BCUT2D eigenvalue weighted by Gasteiger charge is 2.29. The van der Waals surface area contributed by atoms with Gasteiger partial charge in [0.25, 0.3) is 0 Å². The van der Waals surface area contributed by atoms with Gasteiger partial charge in [-0.2, -0.15) is 0 Å². The van der Waals surface area contributed by atoms with Crippen molar-refractivity contribution in [3.8, 4) is 5.75 Å². The summed E-state index contributed by atoms with van der Waals surface area (Å²) < 4.78 is 23.2. The van der Waals surface area contributed by atoms with Crippen LogP contribution in [0.2, 0.25) is 10.0 Å². The second-order valence-electron chi connectivity index (χ2n) is 3.66. The molecule has 0 aliphatic carbocycles. The second-order valence-corrected chi connectivity index (χ2v) is 6.53. The second kappa shape index (κ2) is 5.98. The molecule has 6 heteroatoms. The van der Waals surface area contributed by atoms with Gasteiger partial charge in [-0.1, -0.05) is 47.5 Å². The molecule has 19 heavy (non-hydrogen) atoms. The number of hydrogen-bond donors (Lipinski definition) is 0. The Morgan fingerprint density at radius 2 is 1.53 bits per heavy atom. The third-order valence-electron chi connectivity index (χ3n) is 2.44. The Morgan fingerprint density at radius 3 is 2.05 bits per heavy atom. The minimum absolute atomic E-state index is 0.153. The van der Waals surface area contributed by atoms with Crippen LogP contribution < -0.4 is 9.83 Å². The zero-order chi connectivity index (χ0) is 13.9. The Kier molecular flexibility index (Phi) is 4.54. The molecule has 1 unspecified atom stereocenters. The Labute approximate surface area is 121 Å². The van der Waals surface area contributed by atoms with Crippen LogP contribution in [0.3, 0.4) is 0 Å². The van der Waals surface area contributed by atoms with Gasteiger partial charge < -0.3 is 4.52 Å². The lowest BCUT2D eigenvalue weighted by molar-refractivity contribution is 0.334. The van der Waals surface area contributed by atoms with Gasteiger partial charge in [0, 0.05) is 7.11 Å². The van der Waals surface area contributed by atoms with Crippen molar-refractivity contribution >= 4 is 36.1 Å². The third-order valence-corrected chi connectivity index (χ3v) is 4.87. The molecule has 0 N–H and O–H groups in total. The van der Waals surface area contributed by atoms with Crippen molar-refractivity contribution in [1.29, 1.82) is 0 Å². The lowest BCUT2D eigenvalue weighted by Crippen LogP contribution is -2.11. The molecular formula is C13H11Cl2O3P. The SMILES string of the molecule is COP(=O)(Oc1c(Cl)cccc1Cl)c1ccccc1. The molecule has 2 aromatic carbocycles. The van der Waals surface area contributed by atoms with Crippen LogP contribution in [0.1, 0.15) is 0 Å². The van der Waals surface area contributed by atoms with Gasteiger partial charge in [-0.15, -0.1) is 0 Å². The van der Waals surface area contributed by atoms with E-state index in [1.807, 2.05) is 6.07 Å². The predicted octanol–water partition coefficient (Wildman–Crippen LogP) is 4.54. The first-order valence-electron chi connectivity index (χ1n) is 5.42. The Bertz CT molecular complexity index is 596. The standard InChI is InChI=1S/C13H11Cl2O3P/c1-17-19(16,10-6-3-2-4-7-10)18-13-11(14)8-5-9-12(13)15/h2-9H,1H3. The first-order valence-corrected chi connectivity index (χ1v) is 7.71. The van der Waals surface area contributed by atoms with Crippen LogP contribution in [0.15, 0.2) is 48.5 Å². The van der Waals surface area contributed by atoms with Crippen LogP contribution in [0.25, 0.3) is 0 Å². The maximum absolute atomic E-state index is 12.7. The summed E-state index contributed by atoms with van der Waals surface area (Å²) in [5, 5.41) is 0.995. The summed E-state index contributed by atoms with van der Waals surface area (Å²) in [6.07, 6.45) is 0. The van der Waals surface area contributed by atoms with Crippen LogP contribution in [0, 0.1) is 0 Å². The zero-order valence-corrected chi connectivity index (χ0v) is 12.5. The number of para-hydroxylation sites is 1. The molecule has 3 nitrogen and oxygen atoms in total. The lowest BCUT2D eigenvalue weighted by atomic mass is 10.3. The summed E-state index contributed by atoms with van der Waals surface area (Å²) in [6, 6.07) is 13.5. The van der Waals surface area contributed by atoms with Crippen LogP contribution in [0.4, 0.5) is 0 Å². The maximum atomic E-state index is 12.7. The average Bonchev–Trinajstić information content (AvgIpc) is 2.44. The van der Waals surface area contributed by atoms with Gasteiger partial charge in [0.15, 0.2) is 5.75 Å². The van der Waals surface area contributed by atoms with Gasteiger partial charge in [0.2, 0.25) is 0 Å². The van der Waals surface area contributed by atoms with E-state index >= 15 is 0 Å². The maximum Gasteiger partial charge on any atom is 0.410 e. The molecule has 0 spiro atoms. The van der Waals surface area contributed by atoms with Crippen molar-refractivity contribution in [2.45, 2.75) is 0 Å². The summed E-state index contributed by atoms with van der Waals surface area (Å²) in [7, 11) is -2.18. The van der Waals surface area contributed by atoms with Crippen molar-refractivity contribution in [2.75, 3.05) is 7.11 Å². The zero-order valence-electron chi connectivity index (χ0n) is 10.0. The van der Waals surface area contributed by atoms with E-state index < -0.39 is 7.60 Å². The van der Waals surface area contributed by atoms with Crippen LogP contribution in [0.5, 0.6) is 5.75 Å². The largest absolute Gasteiger partial charge is 0.418 e. The molecule has 0 saturated heterocycles. The Hall–Kier alpha value is -0.990. The normalized spacial score (nSPS) is 13.8. The van der Waals surface area contributed by atoms with Crippen molar-refractivity contribution in [3.05, 3.63) is 58.6 Å². The molecule has 0 bridgehead atoms. The highest BCUT2D eigenvalue weighted by molar-refractivity contribution is 7.62. The van der Waals surface area contributed by atoms with Gasteiger partial charge in [0.05, 0.1) is 15.3 Å². The molecule has 2 rings (SSSR count). The summed E-state index contributed by atoms with van der Waals surface area (Å²) >= 11 is 12.0. The topological polar surface area (TPSA) is 35.5 Å². The first kappa shape index (κ1) is 14.4. The predicted molar refractivity (Wildman–Crippen MR) is 77.8 cm³/mol. The Balaban J connectivity index is 2.42. The molecule has 0 amide bonds. The summed E-state index contributed by atoms with van der Waals surface area (Å²) in [4.78, 5) is 0. The van der Waals surface area contributed by atoms with E-state index in [0.717, 1.165) is 0 Å². The highest BCUT2D eigenvalue weighted by atomic mass is 35.5. The number of hydrogen-bond acceptors (Lipinski definition) is 3. The number of rotatable bonds is 4. The molecule has 100 valence electrons. The van der Waals surface area contributed by atoms with Crippen molar-refractivity contribution < 1.29 is 13.6 Å². The highest BCUT2D eigenvalue weighted by Crippen LogP contribution is 2.50. The third kappa shape index (κ3) is 3.13. The molecule has 0 saturated carbocycles. The van der Waals surface area contributed by atoms with E-state index in [4.69, 9.17) is 32.2 Å². The smallest absolute Gasteiger partial charge is 0.410 e. The molecule has 0 fully saturated rings. The monoisotopic (exact) mass is 316 g/mol. The van der Waals surface area contributed by atoms with Crippen molar-refractivity contribution in [2.24, 2.45) is 0 Å². The summed E-state index contributed by atoms with van der Waals surface area (Å²) in [5.41, 5.74) is 0. The fraction of sp³-hybridized carbons (Fsp3) is 0.0769. The first-order chi connectivity index (χ1) is 9.07. The minimum atomic E-state index is -3.50. The fourth-order valence-electron chi connectivity index (χ4n) is 1.50. The van der Waals surface area contributed by atoms with E-state index in [9.17, 15) is 4.57 Å². The van der Waals surface area contributed by atoms with Gasteiger partial charge in [-0.05, 0) is 24.3 Å². The Morgan fingerprint density at radius 1 is 0.947 bits per heavy atom. The number of benzene rings is 2. The molecule has 1 atom stereocenters. The van der Waals surface area contributed by atoms with Crippen LogP contribution in [-0.2, 0) is 9.09 Å². The van der Waals surface area contributed by atoms with Gasteiger partial charge >= 0.3 is 7.60 Å². The summed E-state index contributed by atoms with van der Waals surface area (Å²) in [6.45, 7) is 0. The van der Waals surface area contributed by atoms with E-state index in [0.29, 0.717) is 5.30 Å². The number of halogens is 2. The minimum Gasteiger partial charge on any atom is -0.418 e. The molecular weight excluding hydrogens is 306 g/mol. The molecule has 0 heterocycles. The van der Waals surface area contributed by atoms with Crippen LogP contribution in [-0.4, -0.2) is 7.11 Å². The molecule has 0 aliphatic heterocycles. The van der Waals surface area contributed by atoms with Gasteiger partial charge in [-0.25, -0.2) is 4.57 Å². The molecule has 0 radical (unpaired) electrons.